The maximum Gasteiger partial charge on any atom is 0.169 e. The summed E-state index contributed by atoms with van der Waals surface area (Å²) >= 11 is 0. The molecule has 1 saturated carbocycles. The van der Waals surface area contributed by atoms with Gasteiger partial charge >= 0.3 is 0 Å². The van der Waals surface area contributed by atoms with Crippen molar-refractivity contribution in [3.05, 3.63) is 0 Å². The summed E-state index contributed by atoms with van der Waals surface area (Å²) in [6.07, 6.45) is 9.96. The Bertz CT molecular complexity index is 651. The third kappa shape index (κ3) is 28.6. The van der Waals surface area contributed by atoms with Gasteiger partial charge in [0.1, 0.15) is 0 Å². The summed E-state index contributed by atoms with van der Waals surface area (Å²) in [4.78, 5) is 0. The summed E-state index contributed by atoms with van der Waals surface area (Å²) in [5.74, 6) is 0.0486. The van der Waals surface area contributed by atoms with E-state index < -0.39 is 5.79 Å². The lowest BCUT2D eigenvalue weighted by molar-refractivity contribution is -0.307. The van der Waals surface area contributed by atoms with Gasteiger partial charge in [0, 0.05) is 12.8 Å². The lowest BCUT2D eigenvalue weighted by Crippen LogP contribution is -2.44. The minimum absolute atomic E-state index is 0.129. The van der Waals surface area contributed by atoms with E-state index in [2.05, 4.69) is 90.0 Å². The van der Waals surface area contributed by atoms with Gasteiger partial charge in [0.2, 0.25) is 0 Å². The van der Waals surface area contributed by atoms with Gasteiger partial charge in [-0.15, -0.1) is 0 Å². The Morgan fingerprint density at radius 1 is 0.500 bits per heavy atom. The molecule has 1 fully saturated rings. The molecule has 0 atom stereocenters. The predicted molar refractivity (Wildman–Crippen MR) is 185 cm³/mol. The first-order valence-electron chi connectivity index (χ1n) is 17.0. The third-order valence-electron chi connectivity index (χ3n) is 5.95. The van der Waals surface area contributed by atoms with Gasteiger partial charge in [0.25, 0.3) is 0 Å². The fraction of sp³-hybridized carbons (Fsp3) is 1.00. The second-order valence-electron chi connectivity index (χ2n) is 19.6. The first-order chi connectivity index (χ1) is 18.2. The molecule has 0 radical (unpaired) electrons. The lowest BCUT2D eigenvalue weighted by Gasteiger charge is -2.40. The summed E-state index contributed by atoms with van der Waals surface area (Å²) in [5.41, 5.74) is 0.380. The molecular weight excluding hydrogens is 520 g/mol. The highest BCUT2D eigenvalue weighted by atomic mass is 16.7. The highest BCUT2D eigenvalue weighted by Crippen LogP contribution is 2.40. The average Bonchev–Trinajstić information content (AvgIpc) is 2.99. The standard InChI is InChI=1S/C14H30.C13H26O2.C11H24O2/c1-8-9-12(10-13(2,3)4)11-14(5,6)7;1-11(2,3)14-13(9-7-8-10-13)15-12(4,5)6;1-9(2,3)12-11(7,8)13-10(4,5)6/h12H,8-11H2,1-7H3;7-10H2,1-6H3;1-8H3. The summed E-state index contributed by atoms with van der Waals surface area (Å²) < 4.78 is 23.8. The molecule has 0 unspecified atom stereocenters. The molecule has 4 nitrogen and oxygen atoms in total. The minimum atomic E-state index is -0.531. The van der Waals surface area contributed by atoms with Crippen molar-refractivity contribution in [2.75, 3.05) is 0 Å². The van der Waals surface area contributed by atoms with Crippen LogP contribution in [0.3, 0.4) is 0 Å². The van der Waals surface area contributed by atoms with Crippen molar-refractivity contribution in [3.63, 3.8) is 0 Å². The largest absolute Gasteiger partial charge is 0.345 e. The number of rotatable bonds is 8. The zero-order valence-electron chi connectivity index (χ0n) is 32.9. The molecule has 0 aromatic heterocycles. The van der Waals surface area contributed by atoms with E-state index in [1.165, 1.54) is 38.5 Å². The smallest absolute Gasteiger partial charge is 0.169 e. The van der Waals surface area contributed by atoms with E-state index in [0.29, 0.717) is 10.8 Å². The Kier molecular flexibility index (Phi) is 17.2. The SMILES string of the molecule is CC(C)(C)OC(C)(C)OC(C)(C)C.CC(C)(C)OC1(OC(C)(C)C)CCCC1.CCCC(CC(C)(C)C)CC(C)(C)C. The van der Waals surface area contributed by atoms with Crippen molar-refractivity contribution >= 4 is 0 Å². The zero-order chi connectivity index (χ0) is 34.1. The van der Waals surface area contributed by atoms with Crippen LogP contribution in [0.15, 0.2) is 0 Å². The normalized spacial score (nSPS) is 17.0. The Balaban J connectivity index is 0. The van der Waals surface area contributed by atoms with E-state index in [0.717, 1.165) is 18.8 Å². The van der Waals surface area contributed by atoms with Crippen molar-refractivity contribution in [2.24, 2.45) is 16.7 Å². The van der Waals surface area contributed by atoms with Crippen LogP contribution in [0.2, 0.25) is 0 Å². The van der Waals surface area contributed by atoms with Crippen molar-refractivity contribution in [1.82, 2.24) is 0 Å². The van der Waals surface area contributed by atoms with Crippen molar-refractivity contribution in [2.45, 2.75) is 231 Å². The second-order valence-corrected chi connectivity index (χ2v) is 19.6. The first kappa shape index (κ1) is 44.0. The molecule has 0 spiro atoms. The van der Waals surface area contributed by atoms with Crippen LogP contribution in [0.1, 0.15) is 197 Å². The molecule has 1 aliphatic carbocycles. The highest BCUT2D eigenvalue weighted by molar-refractivity contribution is 4.83. The molecule has 4 heteroatoms. The van der Waals surface area contributed by atoms with Gasteiger partial charge in [-0.3, -0.25) is 0 Å². The van der Waals surface area contributed by atoms with Crippen LogP contribution in [0.25, 0.3) is 0 Å². The quantitative estimate of drug-likeness (QED) is 0.260. The van der Waals surface area contributed by atoms with Crippen LogP contribution in [-0.4, -0.2) is 34.0 Å². The summed E-state index contributed by atoms with van der Waals surface area (Å²) in [6, 6.07) is 0. The van der Waals surface area contributed by atoms with Gasteiger partial charge in [-0.25, -0.2) is 0 Å². The van der Waals surface area contributed by atoms with E-state index in [1.54, 1.807) is 0 Å². The van der Waals surface area contributed by atoms with E-state index in [1.807, 2.05) is 55.4 Å². The van der Waals surface area contributed by atoms with Crippen LogP contribution in [0, 0.1) is 16.7 Å². The summed E-state index contributed by atoms with van der Waals surface area (Å²) in [6.45, 7) is 45.1. The zero-order valence-corrected chi connectivity index (χ0v) is 32.9. The Morgan fingerprint density at radius 2 is 0.810 bits per heavy atom. The van der Waals surface area contributed by atoms with Crippen LogP contribution in [-0.2, 0) is 18.9 Å². The fourth-order valence-electron chi connectivity index (χ4n) is 6.17. The van der Waals surface area contributed by atoms with Gasteiger partial charge in [-0.2, -0.15) is 0 Å². The van der Waals surface area contributed by atoms with Crippen LogP contribution >= 0.6 is 0 Å². The molecule has 0 saturated heterocycles. The molecule has 1 rings (SSSR count). The van der Waals surface area contributed by atoms with E-state index in [9.17, 15) is 0 Å². The van der Waals surface area contributed by atoms with E-state index >= 15 is 0 Å². The van der Waals surface area contributed by atoms with Gasteiger partial charge in [0.05, 0.1) is 22.4 Å². The van der Waals surface area contributed by atoms with Crippen LogP contribution in [0.5, 0.6) is 0 Å². The molecular formula is C38H80O4. The molecule has 0 amide bonds. The monoisotopic (exact) mass is 601 g/mol. The topological polar surface area (TPSA) is 36.9 Å². The van der Waals surface area contributed by atoms with Crippen molar-refractivity contribution < 1.29 is 18.9 Å². The minimum Gasteiger partial charge on any atom is -0.345 e. The second kappa shape index (κ2) is 16.4. The molecule has 0 aromatic rings. The Labute approximate surface area is 266 Å². The maximum absolute atomic E-state index is 6.14. The molecule has 0 bridgehead atoms. The molecule has 256 valence electrons. The molecule has 42 heavy (non-hydrogen) atoms. The highest BCUT2D eigenvalue weighted by Gasteiger charge is 2.42. The number of ether oxygens (including phenoxy) is 4. The Morgan fingerprint density at radius 3 is 1.02 bits per heavy atom. The van der Waals surface area contributed by atoms with Crippen molar-refractivity contribution in [3.8, 4) is 0 Å². The molecule has 0 aliphatic heterocycles. The van der Waals surface area contributed by atoms with Gasteiger partial charge in [-0.05, 0) is 139 Å². The Hall–Kier alpha value is -0.160. The number of hydrogen-bond acceptors (Lipinski definition) is 4. The lowest BCUT2D eigenvalue weighted by atomic mass is 9.75. The third-order valence-corrected chi connectivity index (χ3v) is 5.95. The van der Waals surface area contributed by atoms with Gasteiger partial charge in [-0.1, -0.05) is 61.3 Å². The van der Waals surface area contributed by atoms with Crippen LogP contribution < -0.4 is 0 Å². The molecule has 0 aromatic carbocycles. The summed E-state index contributed by atoms with van der Waals surface area (Å²) in [7, 11) is 0. The van der Waals surface area contributed by atoms with Crippen LogP contribution in [0.4, 0.5) is 0 Å². The number of hydrogen-bond donors (Lipinski definition) is 0. The van der Waals surface area contributed by atoms with E-state index in [4.69, 9.17) is 18.9 Å². The molecule has 0 N–H and O–H groups in total. The van der Waals surface area contributed by atoms with E-state index in [-0.39, 0.29) is 28.2 Å². The summed E-state index contributed by atoms with van der Waals surface area (Å²) in [5, 5.41) is 0. The molecule has 0 heterocycles. The predicted octanol–water partition coefficient (Wildman–Crippen LogP) is 12.5. The van der Waals surface area contributed by atoms with Gasteiger partial charge in [0.15, 0.2) is 11.6 Å². The first-order valence-corrected chi connectivity index (χ1v) is 17.0. The molecule has 1 aliphatic rings. The van der Waals surface area contributed by atoms with Crippen molar-refractivity contribution in [1.29, 1.82) is 0 Å². The average molecular weight is 601 g/mol. The fourth-order valence-corrected chi connectivity index (χ4v) is 6.17. The maximum atomic E-state index is 6.14. The van der Waals surface area contributed by atoms with Gasteiger partial charge < -0.3 is 18.9 Å².